The quantitative estimate of drug-likeness (QED) is 0.178. The number of fused-ring (bicyclic) bond motifs is 8. The summed E-state index contributed by atoms with van der Waals surface area (Å²) in [4.78, 5) is 1.45. The molecular formula is C43H32S. The molecule has 0 bridgehead atoms. The molecule has 1 aliphatic rings. The second-order valence-corrected chi connectivity index (χ2v) is 14.0. The molecule has 0 atom stereocenters. The van der Waals surface area contributed by atoms with Gasteiger partial charge in [0, 0.05) is 20.4 Å². The van der Waals surface area contributed by atoms with E-state index < -0.39 is 0 Å². The minimum absolute atomic E-state index is 0.0774. The standard InChI is InChI=1S/C43H32S/c1-25-20-21-26(2)41-37(25)40-42(44-41)35-23-22-28(24-36(35)43(40,3)4)38-31-15-7-9-17-33(31)39(34-18-10-8-16-32(34)38)30-19-11-13-27-12-5-6-14-29(27)30/h5-24H,1-4H3. The van der Waals surface area contributed by atoms with Crippen LogP contribution in [0.15, 0.2) is 121 Å². The summed E-state index contributed by atoms with van der Waals surface area (Å²) >= 11 is 1.98. The average molecular weight is 581 g/mol. The lowest BCUT2D eigenvalue weighted by Gasteiger charge is -2.24. The number of hydrogen-bond donors (Lipinski definition) is 0. The van der Waals surface area contributed by atoms with E-state index in [1.807, 2.05) is 11.3 Å². The SMILES string of the molecule is Cc1ccc(C)c2c3c(sc12)-c1ccc(-c2c4ccccc4c(-c4cccc5ccccc45)c4ccccc24)cc1C3(C)C. The summed E-state index contributed by atoms with van der Waals surface area (Å²) in [5, 5.41) is 9.23. The molecular weight excluding hydrogens is 549 g/mol. The van der Waals surface area contributed by atoms with Gasteiger partial charge in [-0.05, 0) is 102 Å². The summed E-state index contributed by atoms with van der Waals surface area (Å²) < 4.78 is 1.44. The highest BCUT2D eigenvalue weighted by atomic mass is 32.1. The lowest BCUT2D eigenvalue weighted by Crippen LogP contribution is -2.15. The van der Waals surface area contributed by atoms with Gasteiger partial charge in [0.1, 0.15) is 0 Å². The highest BCUT2D eigenvalue weighted by Gasteiger charge is 2.39. The molecule has 0 aliphatic heterocycles. The molecule has 44 heavy (non-hydrogen) atoms. The monoisotopic (exact) mass is 580 g/mol. The van der Waals surface area contributed by atoms with Crippen molar-refractivity contribution in [3.8, 4) is 32.7 Å². The molecule has 1 heteroatoms. The second-order valence-electron chi connectivity index (χ2n) is 13.0. The summed E-state index contributed by atoms with van der Waals surface area (Å²) in [6, 6.07) is 45.4. The molecule has 9 rings (SSSR count). The Balaban J connectivity index is 1.34. The van der Waals surface area contributed by atoms with E-state index in [1.54, 1.807) is 0 Å². The van der Waals surface area contributed by atoms with Gasteiger partial charge in [-0.25, -0.2) is 0 Å². The summed E-state index contributed by atoms with van der Waals surface area (Å²) in [5.41, 5.74) is 12.2. The molecule has 0 nitrogen and oxygen atoms in total. The van der Waals surface area contributed by atoms with E-state index >= 15 is 0 Å². The summed E-state index contributed by atoms with van der Waals surface area (Å²) in [6.07, 6.45) is 0. The molecule has 0 saturated carbocycles. The zero-order chi connectivity index (χ0) is 29.7. The molecule has 0 fully saturated rings. The lowest BCUT2D eigenvalue weighted by atomic mass is 9.79. The van der Waals surface area contributed by atoms with E-state index in [-0.39, 0.29) is 5.41 Å². The maximum absolute atomic E-state index is 2.50. The smallest absolute Gasteiger partial charge is 0.0399 e. The van der Waals surface area contributed by atoms with Gasteiger partial charge in [-0.15, -0.1) is 11.3 Å². The molecule has 1 aliphatic carbocycles. The Kier molecular flexibility index (Phi) is 5.35. The van der Waals surface area contributed by atoms with E-state index in [0.717, 1.165) is 0 Å². The molecule has 0 radical (unpaired) electrons. The zero-order valence-electron chi connectivity index (χ0n) is 25.5. The minimum atomic E-state index is -0.0774. The van der Waals surface area contributed by atoms with Crippen LogP contribution in [0.1, 0.15) is 36.1 Å². The number of thiophene rings is 1. The molecule has 0 saturated heterocycles. The maximum Gasteiger partial charge on any atom is 0.0399 e. The van der Waals surface area contributed by atoms with Crippen LogP contribution in [0.4, 0.5) is 0 Å². The van der Waals surface area contributed by atoms with E-state index in [4.69, 9.17) is 0 Å². The fraction of sp³-hybridized carbons (Fsp3) is 0.116. The molecule has 0 amide bonds. The van der Waals surface area contributed by atoms with Crippen LogP contribution in [-0.4, -0.2) is 0 Å². The fourth-order valence-electron chi connectivity index (χ4n) is 8.00. The van der Waals surface area contributed by atoms with Crippen molar-refractivity contribution in [2.75, 3.05) is 0 Å². The van der Waals surface area contributed by atoms with Gasteiger partial charge in [0.2, 0.25) is 0 Å². The molecule has 210 valence electrons. The van der Waals surface area contributed by atoms with Crippen LogP contribution in [0, 0.1) is 13.8 Å². The largest absolute Gasteiger partial charge is 0.135 e. The van der Waals surface area contributed by atoms with Gasteiger partial charge in [-0.2, -0.15) is 0 Å². The summed E-state index contributed by atoms with van der Waals surface area (Å²) in [6.45, 7) is 9.38. The molecule has 0 N–H and O–H groups in total. The average Bonchev–Trinajstić information content (AvgIpc) is 3.56. The van der Waals surface area contributed by atoms with Crippen LogP contribution >= 0.6 is 11.3 Å². The fourth-order valence-corrected chi connectivity index (χ4v) is 9.55. The number of benzene rings is 7. The first-order valence-electron chi connectivity index (χ1n) is 15.5. The normalized spacial score (nSPS) is 13.6. The van der Waals surface area contributed by atoms with Crippen molar-refractivity contribution in [3.05, 3.63) is 144 Å². The van der Waals surface area contributed by atoms with Crippen molar-refractivity contribution in [2.24, 2.45) is 0 Å². The Labute approximate surface area is 262 Å². The van der Waals surface area contributed by atoms with Gasteiger partial charge in [0.25, 0.3) is 0 Å². The Morgan fingerprint density at radius 3 is 1.82 bits per heavy atom. The van der Waals surface area contributed by atoms with E-state index in [9.17, 15) is 0 Å². The predicted molar refractivity (Wildman–Crippen MR) is 192 cm³/mol. The van der Waals surface area contributed by atoms with Gasteiger partial charge in [0.05, 0.1) is 0 Å². The zero-order valence-corrected chi connectivity index (χ0v) is 26.3. The first-order valence-corrected chi connectivity index (χ1v) is 16.3. The van der Waals surface area contributed by atoms with Gasteiger partial charge in [-0.3, -0.25) is 0 Å². The van der Waals surface area contributed by atoms with Crippen molar-refractivity contribution in [2.45, 2.75) is 33.1 Å². The minimum Gasteiger partial charge on any atom is -0.135 e. The van der Waals surface area contributed by atoms with Crippen LogP contribution in [0.25, 0.3) is 75.1 Å². The van der Waals surface area contributed by atoms with E-state index in [0.29, 0.717) is 0 Å². The number of hydrogen-bond acceptors (Lipinski definition) is 1. The van der Waals surface area contributed by atoms with Crippen molar-refractivity contribution >= 4 is 53.7 Å². The van der Waals surface area contributed by atoms with Crippen molar-refractivity contribution in [3.63, 3.8) is 0 Å². The molecule has 7 aromatic carbocycles. The van der Waals surface area contributed by atoms with Crippen molar-refractivity contribution < 1.29 is 0 Å². The molecule has 0 unspecified atom stereocenters. The van der Waals surface area contributed by atoms with Crippen LogP contribution in [0.2, 0.25) is 0 Å². The van der Waals surface area contributed by atoms with Crippen molar-refractivity contribution in [1.82, 2.24) is 0 Å². The Hall–Kier alpha value is -4.72. The Morgan fingerprint density at radius 1 is 0.523 bits per heavy atom. The van der Waals surface area contributed by atoms with Gasteiger partial charge in [-0.1, -0.05) is 129 Å². The van der Waals surface area contributed by atoms with Crippen LogP contribution < -0.4 is 0 Å². The van der Waals surface area contributed by atoms with Crippen LogP contribution in [0.3, 0.4) is 0 Å². The number of rotatable bonds is 2. The van der Waals surface area contributed by atoms with Gasteiger partial charge in [0.15, 0.2) is 0 Å². The predicted octanol–water partition coefficient (Wildman–Crippen LogP) is 12.6. The van der Waals surface area contributed by atoms with E-state index in [1.165, 1.54) is 97.4 Å². The Morgan fingerprint density at radius 2 is 1.11 bits per heavy atom. The highest BCUT2D eigenvalue weighted by Crippen LogP contribution is 2.57. The van der Waals surface area contributed by atoms with Gasteiger partial charge >= 0.3 is 0 Å². The second kappa shape index (κ2) is 9.14. The molecule has 0 spiro atoms. The third kappa shape index (κ3) is 3.39. The number of aryl methyl sites for hydroxylation is 2. The maximum atomic E-state index is 2.50. The van der Waals surface area contributed by atoms with Crippen LogP contribution in [0.5, 0.6) is 0 Å². The molecule has 8 aromatic rings. The summed E-state index contributed by atoms with van der Waals surface area (Å²) in [7, 11) is 0. The summed E-state index contributed by atoms with van der Waals surface area (Å²) in [5.74, 6) is 0. The van der Waals surface area contributed by atoms with Gasteiger partial charge < -0.3 is 0 Å². The topological polar surface area (TPSA) is 0 Å². The third-order valence-corrected chi connectivity index (χ3v) is 11.4. The van der Waals surface area contributed by atoms with Crippen LogP contribution in [-0.2, 0) is 5.41 Å². The molecule has 1 heterocycles. The first-order chi connectivity index (χ1) is 21.4. The van der Waals surface area contributed by atoms with E-state index in [2.05, 4.69) is 149 Å². The Bertz CT molecular complexity index is 2420. The third-order valence-electron chi connectivity index (χ3n) is 10.1. The highest BCUT2D eigenvalue weighted by molar-refractivity contribution is 7.22. The first kappa shape index (κ1) is 25.7. The van der Waals surface area contributed by atoms with Crippen molar-refractivity contribution in [1.29, 1.82) is 0 Å². The molecule has 1 aromatic heterocycles. The lowest BCUT2D eigenvalue weighted by molar-refractivity contribution is 0.667.